The fourth-order valence-corrected chi connectivity index (χ4v) is 2.77. The molecule has 2 atom stereocenters. The molecule has 106 valence electrons. The molecule has 2 heterocycles. The third kappa shape index (κ3) is 4.02. The van der Waals surface area contributed by atoms with Gasteiger partial charge in [-0.3, -0.25) is 9.88 Å². The Kier molecular flexibility index (Phi) is 5.34. The van der Waals surface area contributed by atoms with Gasteiger partial charge < -0.3 is 5.32 Å². The van der Waals surface area contributed by atoms with Crippen LogP contribution in [0.1, 0.15) is 44.9 Å². The summed E-state index contributed by atoms with van der Waals surface area (Å²) >= 11 is 0. The Labute approximate surface area is 117 Å². The van der Waals surface area contributed by atoms with Gasteiger partial charge in [0.25, 0.3) is 0 Å². The summed E-state index contributed by atoms with van der Waals surface area (Å²) in [6.07, 6.45) is 4.70. The average Bonchev–Trinajstić information content (AvgIpc) is 2.43. The van der Waals surface area contributed by atoms with Crippen LogP contribution in [-0.4, -0.2) is 29.0 Å². The molecule has 1 aromatic heterocycles. The number of nitrogens with zero attached hydrogens (tertiary/aromatic N) is 2. The van der Waals surface area contributed by atoms with Crippen molar-refractivity contribution in [3.8, 4) is 0 Å². The van der Waals surface area contributed by atoms with Crippen molar-refractivity contribution >= 4 is 0 Å². The molecule has 0 bridgehead atoms. The lowest BCUT2D eigenvalue weighted by atomic mass is 9.92. The molecule has 2 rings (SSSR count). The first-order valence-electron chi connectivity index (χ1n) is 7.59. The molecule has 0 aliphatic carbocycles. The van der Waals surface area contributed by atoms with E-state index in [2.05, 4.69) is 48.1 Å². The molecule has 19 heavy (non-hydrogen) atoms. The van der Waals surface area contributed by atoms with Crippen molar-refractivity contribution in [1.29, 1.82) is 0 Å². The summed E-state index contributed by atoms with van der Waals surface area (Å²) in [6.45, 7) is 11.0. The zero-order valence-corrected chi connectivity index (χ0v) is 12.5. The van der Waals surface area contributed by atoms with Crippen molar-refractivity contribution in [2.24, 2.45) is 5.92 Å². The molecule has 1 aliphatic rings. The molecule has 0 amide bonds. The molecular weight excluding hydrogens is 234 g/mol. The van der Waals surface area contributed by atoms with E-state index in [4.69, 9.17) is 0 Å². The minimum absolute atomic E-state index is 0.678. The zero-order valence-electron chi connectivity index (χ0n) is 12.5. The van der Waals surface area contributed by atoms with Gasteiger partial charge in [-0.25, -0.2) is 0 Å². The number of pyridine rings is 1. The Morgan fingerprint density at radius 1 is 1.37 bits per heavy atom. The Hall–Kier alpha value is -0.930. The summed E-state index contributed by atoms with van der Waals surface area (Å²) in [4.78, 5) is 7.17. The number of hydrogen-bond donors (Lipinski definition) is 1. The highest BCUT2D eigenvalue weighted by Crippen LogP contribution is 2.24. The number of piperidine rings is 1. The monoisotopic (exact) mass is 261 g/mol. The van der Waals surface area contributed by atoms with Crippen LogP contribution in [-0.2, 0) is 13.1 Å². The Morgan fingerprint density at radius 3 is 2.89 bits per heavy atom. The Bertz CT molecular complexity index is 374. The molecule has 1 aliphatic heterocycles. The minimum atomic E-state index is 0.678. The van der Waals surface area contributed by atoms with E-state index in [0.717, 1.165) is 25.6 Å². The smallest absolute Gasteiger partial charge is 0.0544 e. The molecule has 1 saturated heterocycles. The van der Waals surface area contributed by atoms with E-state index < -0.39 is 0 Å². The lowest BCUT2D eigenvalue weighted by Gasteiger charge is -2.37. The number of aromatic nitrogens is 1. The van der Waals surface area contributed by atoms with E-state index in [0.29, 0.717) is 6.04 Å². The molecule has 0 radical (unpaired) electrons. The van der Waals surface area contributed by atoms with Gasteiger partial charge in [-0.2, -0.15) is 0 Å². The highest BCUT2D eigenvalue weighted by molar-refractivity contribution is 5.14. The van der Waals surface area contributed by atoms with Gasteiger partial charge in [0.15, 0.2) is 0 Å². The molecule has 1 N–H and O–H groups in total. The maximum absolute atomic E-state index is 4.60. The molecule has 3 heteroatoms. The zero-order chi connectivity index (χ0) is 13.7. The van der Waals surface area contributed by atoms with Crippen LogP contribution < -0.4 is 5.32 Å². The molecule has 0 aromatic carbocycles. The van der Waals surface area contributed by atoms with E-state index in [1.165, 1.54) is 30.6 Å². The molecule has 0 saturated carbocycles. The van der Waals surface area contributed by atoms with Crippen LogP contribution in [0.2, 0.25) is 0 Å². The van der Waals surface area contributed by atoms with Gasteiger partial charge in [-0.15, -0.1) is 0 Å². The Balaban J connectivity index is 1.91. The average molecular weight is 261 g/mol. The van der Waals surface area contributed by atoms with E-state index >= 15 is 0 Å². The minimum Gasteiger partial charge on any atom is -0.313 e. The first-order valence-corrected chi connectivity index (χ1v) is 7.59. The predicted octanol–water partition coefficient (Wildman–Crippen LogP) is 2.81. The maximum Gasteiger partial charge on any atom is 0.0544 e. The van der Waals surface area contributed by atoms with Crippen LogP contribution in [0.5, 0.6) is 0 Å². The number of nitrogens with one attached hydrogen (secondary N) is 1. The van der Waals surface area contributed by atoms with Crippen LogP contribution in [0.4, 0.5) is 0 Å². The van der Waals surface area contributed by atoms with Crippen LogP contribution in [0.3, 0.4) is 0 Å². The number of hydrogen-bond acceptors (Lipinski definition) is 3. The molecule has 1 fully saturated rings. The van der Waals surface area contributed by atoms with Gasteiger partial charge in [0.2, 0.25) is 0 Å². The lowest BCUT2D eigenvalue weighted by molar-refractivity contribution is 0.105. The summed E-state index contributed by atoms with van der Waals surface area (Å²) in [7, 11) is 0. The first-order chi connectivity index (χ1) is 9.20. The van der Waals surface area contributed by atoms with E-state index in [1.54, 1.807) is 0 Å². The van der Waals surface area contributed by atoms with Crippen molar-refractivity contribution in [2.45, 2.75) is 52.7 Å². The lowest BCUT2D eigenvalue weighted by Crippen LogP contribution is -2.41. The van der Waals surface area contributed by atoms with Crippen LogP contribution in [0, 0.1) is 5.92 Å². The Morgan fingerprint density at radius 2 is 2.21 bits per heavy atom. The fourth-order valence-electron chi connectivity index (χ4n) is 2.77. The predicted molar refractivity (Wildman–Crippen MR) is 79.9 cm³/mol. The van der Waals surface area contributed by atoms with Crippen molar-refractivity contribution < 1.29 is 0 Å². The van der Waals surface area contributed by atoms with E-state index in [-0.39, 0.29) is 0 Å². The topological polar surface area (TPSA) is 28.2 Å². The largest absolute Gasteiger partial charge is 0.313 e. The first kappa shape index (κ1) is 14.5. The summed E-state index contributed by atoms with van der Waals surface area (Å²) in [5.74, 6) is 0.807. The van der Waals surface area contributed by atoms with Gasteiger partial charge in [0, 0.05) is 25.3 Å². The summed E-state index contributed by atoms with van der Waals surface area (Å²) < 4.78 is 0. The van der Waals surface area contributed by atoms with Crippen molar-refractivity contribution in [1.82, 2.24) is 15.2 Å². The quantitative estimate of drug-likeness (QED) is 0.883. The second kappa shape index (κ2) is 7.01. The number of likely N-dealkylation sites (tertiary alicyclic amines) is 1. The SMILES string of the molecule is CCNCc1ccc(CN2CCCC(C)C2C)nc1. The van der Waals surface area contributed by atoms with Gasteiger partial charge in [-0.05, 0) is 50.4 Å². The van der Waals surface area contributed by atoms with Gasteiger partial charge in [-0.1, -0.05) is 19.9 Å². The molecule has 1 aromatic rings. The van der Waals surface area contributed by atoms with E-state index in [1.807, 2.05) is 6.20 Å². The second-order valence-corrected chi connectivity index (χ2v) is 5.77. The van der Waals surface area contributed by atoms with Gasteiger partial charge in [0.05, 0.1) is 5.69 Å². The maximum atomic E-state index is 4.60. The highest BCUT2D eigenvalue weighted by Gasteiger charge is 2.24. The third-order valence-electron chi connectivity index (χ3n) is 4.33. The molecule has 3 nitrogen and oxygen atoms in total. The van der Waals surface area contributed by atoms with Crippen molar-refractivity contribution in [2.75, 3.05) is 13.1 Å². The molecule has 0 spiro atoms. The fraction of sp³-hybridized carbons (Fsp3) is 0.688. The van der Waals surface area contributed by atoms with Crippen LogP contribution in [0.15, 0.2) is 18.3 Å². The summed E-state index contributed by atoms with van der Waals surface area (Å²) in [6, 6.07) is 5.05. The third-order valence-corrected chi connectivity index (χ3v) is 4.33. The summed E-state index contributed by atoms with van der Waals surface area (Å²) in [5.41, 5.74) is 2.46. The molecular formula is C16H27N3. The second-order valence-electron chi connectivity index (χ2n) is 5.77. The van der Waals surface area contributed by atoms with Gasteiger partial charge in [0.1, 0.15) is 0 Å². The van der Waals surface area contributed by atoms with Crippen LogP contribution in [0.25, 0.3) is 0 Å². The van der Waals surface area contributed by atoms with Gasteiger partial charge >= 0.3 is 0 Å². The highest BCUT2D eigenvalue weighted by atomic mass is 15.2. The van der Waals surface area contributed by atoms with E-state index in [9.17, 15) is 0 Å². The van der Waals surface area contributed by atoms with Crippen molar-refractivity contribution in [3.63, 3.8) is 0 Å². The number of rotatable bonds is 5. The van der Waals surface area contributed by atoms with Crippen molar-refractivity contribution in [3.05, 3.63) is 29.6 Å². The van der Waals surface area contributed by atoms with Crippen LogP contribution >= 0.6 is 0 Å². The molecule has 2 unspecified atom stereocenters. The standard InChI is InChI=1S/C16H27N3/c1-4-17-10-15-7-8-16(18-11-15)12-19-9-5-6-13(2)14(19)3/h7-8,11,13-14,17H,4-6,9-10,12H2,1-3H3. The normalized spacial score (nSPS) is 24.6. The summed E-state index contributed by atoms with van der Waals surface area (Å²) in [5, 5.41) is 3.33.